The zero-order valence-electron chi connectivity index (χ0n) is 11.9. The number of rotatable bonds is 0. The maximum absolute atomic E-state index is 3.66. The van der Waals surface area contributed by atoms with Gasteiger partial charge in [-0.3, -0.25) is 0 Å². The van der Waals surface area contributed by atoms with E-state index in [1.807, 2.05) is 27.7 Å². The molecule has 0 atom stereocenters. The lowest BCUT2D eigenvalue weighted by Crippen LogP contribution is -1.97. The van der Waals surface area contributed by atoms with E-state index >= 15 is 0 Å². The first-order chi connectivity index (χ1) is 8.79. The molecule has 0 saturated heterocycles. The number of nitrogens with zero attached hydrogens (tertiary/aromatic N) is 7. The predicted molar refractivity (Wildman–Crippen MR) is 69.6 cm³/mol. The summed E-state index contributed by atoms with van der Waals surface area (Å²) in [5.41, 5.74) is 0. The number of hydrogen-bond acceptors (Lipinski definition) is 7. The van der Waals surface area contributed by atoms with Gasteiger partial charge in [-0.2, -0.15) is 0 Å². The summed E-state index contributed by atoms with van der Waals surface area (Å²) in [5, 5.41) is 14.6. The summed E-state index contributed by atoms with van der Waals surface area (Å²) < 4.78 is 0. The van der Waals surface area contributed by atoms with Gasteiger partial charge in [-0.15, -0.1) is 20.4 Å². The molecule has 2 rings (SSSR count). The normalized spacial score (nSPS) is 7.44. The molecule has 0 fully saturated rings. The Kier molecular flexibility index (Phi) is 15.2. The van der Waals surface area contributed by atoms with Crippen molar-refractivity contribution >= 4 is 0 Å². The average Bonchev–Trinajstić information content (AvgIpc) is 2.49. The van der Waals surface area contributed by atoms with Gasteiger partial charge in [-0.25, -0.2) is 15.0 Å². The van der Waals surface area contributed by atoms with Crippen LogP contribution < -0.4 is 0 Å². The summed E-state index contributed by atoms with van der Waals surface area (Å²) >= 11 is 0. The van der Waals surface area contributed by atoms with Crippen LogP contribution in [0.25, 0.3) is 0 Å². The first kappa shape index (κ1) is 18.3. The van der Waals surface area contributed by atoms with Crippen LogP contribution in [0.1, 0.15) is 39.3 Å². The van der Waals surface area contributed by atoms with Crippen LogP contribution in [-0.2, 0) is 0 Å². The Morgan fingerprint density at radius 1 is 0.556 bits per heavy atom. The van der Waals surface area contributed by atoms with E-state index in [-0.39, 0.29) is 0 Å². The maximum atomic E-state index is 3.66. The lowest BCUT2D eigenvalue weighted by atomic mass is 10.7. The number of aryl methyl sites for hydroxylation is 2. The van der Waals surface area contributed by atoms with Crippen LogP contribution in [0.15, 0.2) is 19.0 Å². The van der Waals surface area contributed by atoms with Crippen molar-refractivity contribution in [3.63, 3.8) is 0 Å². The predicted octanol–water partition coefficient (Wildman–Crippen LogP) is 1.81. The Bertz CT molecular complexity index is 302. The molecule has 0 radical (unpaired) electrons. The van der Waals surface area contributed by atoms with E-state index in [9.17, 15) is 0 Å². The van der Waals surface area contributed by atoms with Gasteiger partial charge in [0.05, 0.1) is 0 Å². The second-order valence-electron chi connectivity index (χ2n) is 2.29. The van der Waals surface area contributed by atoms with Crippen LogP contribution in [0, 0.1) is 13.8 Å². The summed E-state index contributed by atoms with van der Waals surface area (Å²) in [7, 11) is 0. The minimum atomic E-state index is 0.607. The van der Waals surface area contributed by atoms with Gasteiger partial charge in [-0.1, -0.05) is 27.7 Å². The molecule has 0 bridgehead atoms. The highest BCUT2D eigenvalue weighted by molar-refractivity contribution is 4.73. The van der Waals surface area contributed by atoms with Crippen molar-refractivity contribution in [2.45, 2.75) is 41.5 Å². The van der Waals surface area contributed by atoms with E-state index in [0.717, 1.165) is 0 Å². The molecule has 0 spiro atoms. The van der Waals surface area contributed by atoms with E-state index in [2.05, 4.69) is 35.3 Å². The highest BCUT2D eigenvalue weighted by atomic mass is 15.3. The molecule has 100 valence electrons. The second kappa shape index (κ2) is 14.9. The SMILES string of the molecule is CC.CC.Cc1nnc(C)nn1.c1ncncn1. The Morgan fingerprint density at radius 2 is 0.778 bits per heavy atom. The van der Waals surface area contributed by atoms with Gasteiger partial charge in [0.1, 0.15) is 19.0 Å². The quantitative estimate of drug-likeness (QED) is 0.705. The molecule has 0 aliphatic rings. The molecule has 2 aromatic rings. The van der Waals surface area contributed by atoms with Gasteiger partial charge in [0.25, 0.3) is 0 Å². The smallest absolute Gasteiger partial charge is 0.170 e. The van der Waals surface area contributed by atoms with Crippen molar-refractivity contribution in [1.82, 2.24) is 35.3 Å². The highest BCUT2D eigenvalue weighted by Gasteiger charge is 1.86. The van der Waals surface area contributed by atoms with Crippen molar-refractivity contribution in [1.29, 1.82) is 0 Å². The van der Waals surface area contributed by atoms with E-state index in [0.29, 0.717) is 11.6 Å². The summed E-state index contributed by atoms with van der Waals surface area (Å²) in [4.78, 5) is 10.7. The van der Waals surface area contributed by atoms with Crippen molar-refractivity contribution in [3.8, 4) is 0 Å². The molecule has 7 nitrogen and oxygen atoms in total. The van der Waals surface area contributed by atoms with Crippen LogP contribution in [0.5, 0.6) is 0 Å². The average molecular weight is 251 g/mol. The molecule has 0 N–H and O–H groups in total. The first-order valence-corrected chi connectivity index (χ1v) is 5.84. The van der Waals surface area contributed by atoms with Gasteiger partial charge in [0.2, 0.25) is 0 Å². The van der Waals surface area contributed by atoms with Crippen LogP contribution in [-0.4, -0.2) is 35.3 Å². The molecule has 2 aromatic heterocycles. The molecular weight excluding hydrogens is 230 g/mol. The molecular formula is C11H21N7. The third-order valence-corrected chi connectivity index (χ3v) is 1.08. The summed E-state index contributed by atoms with van der Waals surface area (Å²) in [6.45, 7) is 11.5. The van der Waals surface area contributed by atoms with Gasteiger partial charge in [-0.05, 0) is 13.8 Å². The summed E-state index contributed by atoms with van der Waals surface area (Å²) in [5.74, 6) is 1.21. The van der Waals surface area contributed by atoms with Gasteiger partial charge in [0, 0.05) is 0 Å². The van der Waals surface area contributed by atoms with Crippen LogP contribution in [0.2, 0.25) is 0 Å². The van der Waals surface area contributed by atoms with E-state index in [1.165, 1.54) is 19.0 Å². The molecule has 0 amide bonds. The minimum absolute atomic E-state index is 0.607. The number of aromatic nitrogens is 7. The van der Waals surface area contributed by atoms with E-state index in [4.69, 9.17) is 0 Å². The molecule has 7 heteroatoms. The van der Waals surface area contributed by atoms with Crippen molar-refractivity contribution in [2.75, 3.05) is 0 Å². The zero-order chi connectivity index (χ0) is 14.2. The fraction of sp³-hybridized carbons (Fsp3) is 0.545. The summed E-state index contributed by atoms with van der Waals surface area (Å²) in [6, 6.07) is 0. The lowest BCUT2D eigenvalue weighted by molar-refractivity contribution is 0.767. The third-order valence-electron chi connectivity index (χ3n) is 1.08. The first-order valence-electron chi connectivity index (χ1n) is 5.84. The lowest BCUT2D eigenvalue weighted by Gasteiger charge is -1.85. The fourth-order valence-corrected chi connectivity index (χ4v) is 0.534. The van der Waals surface area contributed by atoms with Gasteiger partial charge < -0.3 is 0 Å². The molecule has 0 aliphatic carbocycles. The third kappa shape index (κ3) is 12.0. The van der Waals surface area contributed by atoms with Crippen LogP contribution >= 0.6 is 0 Å². The van der Waals surface area contributed by atoms with Crippen molar-refractivity contribution in [3.05, 3.63) is 30.6 Å². The van der Waals surface area contributed by atoms with E-state index < -0.39 is 0 Å². The molecule has 0 unspecified atom stereocenters. The standard InChI is InChI=1S/C4H6N4.C3H3N3.2C2H6/c1-3-5-7-4(2)8-6-3;1-4-2-6-3-5-1;2*1-2/h1-2H3;1-3H;2*1-2H3. The maximum Gasteiger partial charge on any atom is 0.170 e. The minimum Gasteiger partial charge on any atom is -0.225 e. The van der Waals surface area contributed by atoms with Crippen molar-refractivity contribution < 1.29 is 0 Å². The summed E-state index contributed by atoms with van der Waals surface area (Å²) in [6.07, 6.45) is 4.31. The van der Waals surface area contributed by atoms with Gasteiger partial charge >= 0.3 is 0 Å². The Morgan fingerprint density at radius 3 is 0.944 bits per heavy atom. The van der Waals surface area contributed by atoms with Crippen LogP contribution in [0.3, 0.4) is 0 Å². The Hall–Kier alpha value is -2.05. The largest absolute Gasteiger partial charge is 0.225 e. The molecule has 2 heterocycles. The molecule has 18 heavy (non-hydrogen) atoms. The monoisotopic (exact) mass is 251 g/mol. The molecule has 0 aromatic carbocycles. The second-order valence-corrected chi connectivity index (χ2v) is 2.29. The topological polar surface area (TPSA) is 90.2 Å². The zero-order valence-corrected chi connectivity index (χ0v) is 11.9. The van der Waals surface area contributed by atoms with Crippen LogP contribution in [0.4, 0.5) is 0 Å². The molecule has 0 saturated carbocycles. The Labute approximate surface area is 108 Å². The number of hydrogen-bond donors (Lipinski definition) is 0. The van der Waals surface area contributed by atoms with Crippen molar-refractivity contribution in [2.24, 2.45) is 0 Å². The fourth-order valence-electron chi connectivity index (χ4n) is 0.534. The van der Waals surface area contributed by atoms with E-state index in [1.54, 1.807) is 13.8 Å². The highest BCUT2D eigenvalue weighted by Crippen LogP contribution is 1.78. The van der Waals surface area contributed by atoms with Gasteiger partial charge in [0.15, 0.2) is 11.6 Å². The Balaban J connectivity index is 0. The molecule has 0 aliphatic heterocycles.